The summed E-state index contributed by atoms with van der Waals surface area (Å²) < 4.78 is 10.2. The van der Waals surface area contributed by atoms with Crippen molar-refractivity contribution in [1.29, 1.82) is 0 Å². The van der Waals surface area contributed by atoms with E-state index < -0.39 is 24.4 Å². The Bertz CT molecular complexity index is 1260. The van der Waals surface area contributed by atoms with Gasteiger partial charge in [-0.1, -0.05) is 36.4 Å². The van der Waals surface area contributed by atoms with Crippen molar-refractivity contribution in [3.63, 3.8) is 0 Å². The van der Waals surface area contributed by atoms with Crippen LogP contribution in [0.3, 0.4) is 0 Å². The number of rotatable bonds is 9. The molecule has 0 bridgehead atoms. The van der Waals surface area contributed by atoms with Crippen molar-refractivity contribution in [1.82, 2.24) is 0 Å². The molecule has 0 fully saturated rings. The zero-order valence-electron chi connectivity index (χ0n) is 19.2. The Kier molecular flexibility index (Phi) is 8.50. The summed E-state index contributed by atoms with van der Waals surface area (Å²) in [5.74, 6) is -1.33. The first-order valence-electron chi connectivity index (χ1n) is 10.7. The Hall–Kier alpha value is -4.72. The van der Waals surface area contributed by atoms with Crippen LogP contribution in [0.25, 0.3) is 6.08 Å². The van der Waals surface area contributed by atoms with Gasteiger partial charge in [0, 0.05) is 11.6 Å². The number of ketones is 1. The summed E-state index contributed by atoms with van der Waals surface area (Å²) in [5.41, 5.74) is 1.81. The van der Waals surface area contributed by atoms with Crippen LogP contribution in [0.5, 0.6) is 5.75 Å². The van der Waals surface area contributed by atoms with Gasteiger partial charge in [0.1, 0.15) is 5.75 Å². The third kappa shape index (κ3) is 7.13. The molecule has 0 aliphatic heterocycles. The van der Waals surface area contributed by atoms with Gasteiger partial charge in [0.2, 0.25) is 5.91 Å². The van der Waals surface area contributed by atoms with E-state index in [2.05, 4.69) is 10.6 Å². The van der Waals surface area contributed by atoms with Crippen molar-refractivity contribution in [2.45, 2.75) is 6.92 Å². The maximum Gasteiger partial charge on any atom is 0.340 e. The van der Waals surface area contributed by atoms with Gasteiger partial charge in [-0.3, -0.25) is 14.4 Å². The molecule has 0 saturated carbocycles. The molecule has 0 heterocycles. The SMILES string of the molecule is COc1ccc(/C=C/C(=O)Nc2ccccc2C(=O)OCC(=O)Nc2ccccc2C(C)=O)cc1. The molecule has 8 nitrogen and oxygen atoms in total. The molecule has 0 radical (unpaired) electrons. The van der Waals surface area contributed by atoms with Crippen LogP contribution >= 0.6 is 0 Å². The fourth-order valence-electron chi connectivity index (χ4n) is 3.13. The minimum atomic E-state index is -0.782. The van der Waals surface area contributed by atoms with Crippen LogP contribution in [0.1, 0.15) is 33.2 Å². The van der Waals surface area contributed by atoms with Gasteiger partial charge in [0.25, 0.3) is 5.91 Å². The Balaban J connectivity index is 1.60. The van der Waals surface area contributed by atoms with E-state index in [4.69, 9.17) is 9.47 Å². The van der Waals surface area contributed by atoms with E-state index in [1.165, 1.54) is 19.1 Å². The standard InChI is InChI=1S/C27H24N2O6/c1-18(30)21-7-3-5-9-23(21)29-26(32)17-35-27(33)22-8-4-6-10-24(22)28-25(31)16-13-19-11-14-20(34-2)15-12-19/h3-16H,17H2,1-2H3,(H,28,31)(H,29,32)/b16-13+. The molecule has 0 spiro atoms. The fourth-order valence-corrected chi connectivity index (χ4v) is 3.13. The largest absolute Gasteiger partial charge is 0.497 e. The highest BCUT2D eigenvalue weighted by atomic mass is 16.5. The number of carbonyl (C=O) groups excluding carboxylic acids is 4. The molecule has 0 aliphatic carbocycles. The Morgan fingerprint density at radius 1 is 0.800 bits per heavy atom. The second kappa shape index (κ2) is 11.9. The Labute approximate surface area is 202 Å². The quantitative estimate of drug-likeness (QED) is 0.272. The van der Waals surface area contributed by atoms with E-state index in [1.807, 2.05) is 0 Å². The molecule has 8 heteroatoms. The van der Waals surface area contributed by atoms with Gasteiger partial charge in [0.15, 0.2) is 12.4 Å². The van der Waals surface area contributed by atoms with Crippen LogP contribution in [0, 0.1) is 0 Å². The van der Waals surface area contributed by atoms with Gasteiger partial charge < -0.3 is 20.1 Å². The third-order valence-electron chi connectivity index (χ3n) is 4.86. The molecule has 0 aliphatic rings. The minimum Gasteiger partial charge on any atom is -0.497 e. The number of hydrogen-bond acceptors (Lipinski definition) is 6. The van der Waals surface area contributed by atoms with Crippen LogP contribution in [0.2, 0.25) is 0 Å². The molecule has 2 amide bonds. The van der Waals surface area contributed by atoms with Gasteiger partial charge in [-0.15, -0.1) is 0 Å². The van der Waals surface area contributed by atoms with Crippen molar-refractivity contribution in [3.05, 3.63) is 95.6 Å². The summed E-state index contributed by atoms with van der Waals surface area (Å²) in [5, 5.41) is 5.20. The topological polar surface area (TPSA) is 111 Å². The average molecular weight is 472 g/mol. The van der Waals surface area contributed by atoms with Crippen molar-refractivity contribution < 1.29 is 28.7 Å². The van der Waals surface area contributed by atoms with Crippen molar-refractivity contribution in [2.75, 3.05) is 24.4 Å². The van der Waals surface area contributed by atoms with Crippen LogP contribution < -0.4 is 15.4 Å². The zero-order valence-corrected chi connectivity index (χ0v) is 19.2. The lowest BCUT2D eigenvalue weighted by molar-refractivity contribution is -0.119. The number of benzene rings is 3. The average Bonchev–Trinajstić information content (AvgIpc) is 2.87. The van der Waals surface area contributed by atoms with E-state index in [0.29, 0.717) is 17.0 Å². The second-order valence-corrected chi connectivity index (χ2v) is 7.37. The number of nitrogens with one attached hydrogen (secondary N) is 2. The smallest absolute Gasteiger partial charge is 0.340 e. The maximum absolute atomic E-state index is 12.6. The Morgan fingerprint density at radius 3 is 2.03 bits per heavy atom. The molecule has 2 N–H and O–H groups in total. The fraction of sp³-hybridized carbons (Fsp3) is 0.111. The van der Waals surface area contributed by atoms with E-state index in [0.717, 1.165) is 5.56 Å². The van der Waals surface area contributed by atoms with E-state index in [9.17, 15) is 19.2 Å². The first-order chi connectivity index (χ1) is 16.9. The lowest BCUT2D eigenvalue weighted by Gasteiger charge is -2.11. The van der Waals surface area contributed by atoms with Crippen molar-refractivity contribution >= 4 is 41.0 Å². The minimum absolute atomic E-state index is 0.0932. The molecule has 0 aromatic heterocycles. The number of esters is 1. The van der Waals surface area contributed by atoms with Crippen LogP contribution in [-0.4, -0.2) is 37.3 Å². The highest BCUT2D eigenvalue weighted by molar-refractivity contribution is 6.07. The molecule has 3 aromatic carbocycles. The van der Waals surface area contributed by atoms with Gasteiger partial charge in [0.05, 0.1) is 24.0 Å². The summed E-state index contributed by atoms with van der Waals surface area (Å²) in [6.07, 6.45) is 2.96. The molecule has 0 saturated heterocycles. The van der Waals surface area contributed by atoms with Gasteiger partial charge in [-0.2, -0.15) is 0 Å². The summed E-state index contributed by atoms with van der Waals surface area (Å²) in [4.78, 5) is 48.9. The first-order valence-corrected chi connectivity index (χ1v) is 10.7. The van der Waals surface area contributed by atoms with Gasteiger partial charge in [-0.05, 0) is 55.0 Å². The summed E-state index contributed by atoms with van der Waals surface area (Å²) in [6, 6.07) is 20.0. The molecule has 35 heavy (non-hydrogen) atoms. The lowest BCUT2D eigenvalue weighted by Crippen LogP contribution is -2.22. The normalized spacial score (nSPS) is 10.5. The predicted molar refractivity (Wildman–Crippen MR) is 132 cm³/mol. The number of ether oxygens (including phenoxy) is 2. The van der Waals surface area contributed by atoms with E-state index in [-0.39, 0.29) is 17.0 Å². The number of hydrogen-bond donors (Lipinski definition) is 2. The third-order valence-corrected chi connectivity index (χ3v) is 4.86. The number of carbonyl (C=O) groups is 4. The van der Waals surface area contributed by atoms with Gasteiger partial charge >= 0.3 is 5.97 Å². The number of amides is 2. The number of anilines is 2. The predicted octanol–water partition coefficient (Wildman–Crippen LogP) is 4.35. The van der Waals surface area contributed by atoms with Crippen LogP contribution in [-0.2, 0) is 14.3 Å². The first kappa shape index (κ1) is 24.9. The van der Waals surface area contributed by atoms with Crippen LogP contribution in [0.4, 0.5) is 11.4 Å². The molecule has 178 valence electrons. The highest BCUT2D eigenvalue weighted by Crippen LogP contribution is 2.18. The zero-order chi connectivity index (χ0) is 25.2. The van der Waals surface area contributed by atoms with E-state index in [1.54, 1.807) is 79.9 Å². The molecular formula is C27H24N2O6. The summed E-state index contributed by atoms with van der Waals surface area (Å²) >= 11 is 0. The molecular weight excluding hydrogens is 448 g/mol. The number of Topliss-reactive ketones (excluding diaryl/α,β-unsaturated/α-hetero) is 1. The molecule has 3 aromatic rings. The van der Waals surface area contributed by atoms with E-state index >= 15 is 0 Å². The number of methoxy groups -OCH3 is 1. The maximum atomic E-state index is 12.6. The lowest BCUT2D eigenvalue weighted by atomic mass is 10.1. The highest BCUT2D eigenvalue weighted by Gasteiger charge is 2.16. The summed E-state index contributed by atoms with van der Waals surface area (Å²) in [7, 11) is 1.57. The van der Waals surface area contributed by atoms with Crippen molar-refractivity contribution in [2.24, 2.45) is 0 Å². The second-order valence-electron chi connectivity index (χ2n) is 7.37. The summed E-state index contributed by atoms with van der Waals surface area (Å²) in [6.45, 7) is 0.827. The monoisotopic (exact) mass is 472 g/mol. The van der Waals surface area contributed by atoms with Gasteiger partial charge in [-0.25, -0.2) is 4.79 Å². The molecule has 0 atom stereocenters. The van der Waals surface area contributed by atoms with Crippen LogP contribution in [0.15, 0.2) is 78.9 Å². The Morgan fingerprint density at radius 2 is 1.40 bits per heavy atom. The van der Waals surface area contributed by atoms with Crippen molar-refractivity contribution in [3.8, 4) is 5.75 Å². The molecule has 3 rings (SSSR count). The molecule has 0 unspecified atom stereocenters. The number of para-hydroxylation sites is 2.